The van der Waals surface area contributed by atoms with Gasteiger partial charge in [-0.05, 0) is 12.8 Å². The van der Waals surface area contributed by atoms with E-state index in [-0.39, 0.29) is 25.9 Å². The van der Waals surface area contributed by atoms with Gasteiger partial charge < -0.3 is 198 Å². The maximum atomic E-state index is 11.4. The molecule has 40 unspecified atom stereocenters. The molecule has 0 saturated carbocycles. The van der Waals surface area contributed by atoms with Gasteiger partial charge in [-0.25, -0.2) is 0 Å². The minimum atomic E-state index is -2.25. The predicted molar refractivity (Wildman–Crippen MR) is 279 cm³/mol. The molecule has 27 saturated heterocycles. The van der Waals surface area contributed by atoms with E-state index in [4.69, 9.17) is 75.8 Å². The van der Waals surface area contributed by atoms with Crippen molar-refractivity contribution in [2.75, 3.05) is 59.5 Å². The molecule has 27 fully saturated rings. The van der Waals surface area contributed by atoms with Crippen LogP contribution in [-0.2, 0) is 75.8 Å². The first-order valence-electron chi connectivity index (χ1n) is 30.1. The number of rotatable bonds is 8. The van der Waals surface area contributed by atoms with Crippen LogP contribution in [0.15, 0.2) is 0 Å². The maximum absolute atomic E-state index is 11.4. The van der Waals surface area contributed by atoms with Crippen molar-refractivity contribution in [3.05, 3.63) is 0 Å². The molecule has 0 aromatic carbocycles. The first-order chi connectivity index (χ1) is 43.9. The summed E-state index contributed by atoms with van der Waals surface area (Å²) in [5.74, 6) is -1.01. The van der Waals surface area contributed by atoms with Crippen LogP contribution in [0.1, 0.15) is 19.3 Å². The van der Waals surface area contributed by atoms with Gasteiger partial charge in [0.2, 0.25) is 0 Å². The van der Waals surface area contributed by atoms with Crippen molar-refractivity contribution in [3.8, 4) is 0 Å². The number of hydrogen-bond acceptors (Lipinski definition) is 40. The summed E-state index contributed by atoms with van der Waals surface area (Å²) in [6.07, 6.45) is -75.7. The second-order valence-electron chi connectivity index (χ2n) is 23.9. The summed E-state index contributed by atoms with van der Waals surface area (Å²) >= 11 is 0. The lowest BCUT2D eigenvalue weighted by atomic mass is 9.85. The van der Waals surface area contributed by atoms with Gasteiger partial charge in [-0.15, -0.1) is 0 Å². The first-order valence-corrected chi connectivity index (χ1v) is 30.1. The van der Waals surface area contributed by atoms with E-state index in [1.54, 1.807) is 0 Å². The van der Waals surface area contributed by atoms with Crippen molar-refractivity contribution in [3.63, 3.8) is 0 Å². The zero-order valence-corrected chi connectivity index (χ0v) is 48.8. The molecule has 40 nitrogen and oxygen atoms in total. The molecule has 92 heavy (non-hydrogen) atoms. The summed E-state index contributed by atoms with van der Waals surface area (Å²) in [5.41, 5.74) is 0. The third kappa shape index (κ3) is 15.3. The molecular formula is C52H88O40. The molecule has 0 aliphatic carbocycles. The maximum Gasteiger partial charge on any atom is 0.187 e. The SMILES string of the molecule is OCC1OC2OC3C(CO)OC(OC4C(CO)OC(OC5C(CO)OC(OC6C(CO)OC(OC7C(CO)OC(OC8C(CO)OC(OC9C(CO)OC(OCCCCC1C(O)C2O)C(O)C9O)C(O)C8O)C(O)C7O)C(O)C6O)C(O)C5O)C(O)C4O)C(O)C3O. The minimum Gasteiger partial charge on any atom is -0.394 e. The normalized spacial score (nSPS) is 54.0. The van der Waals surface area contributed by atoms with Crippen molar-refractivity contribution in [2.24, 2.45) is 5.92 Å². The van der Waals surface area contributed by atoms with Gasteiger partial charge in [-0.2, -0.15) is 0 Å². The third-order valence-corrected chi connectivity index (χ3v) is 18.0. The van der Waals surface area contributed by atoms with Crippen LogP contribution >= 0.6 is 0 Å². The summed E-state index contributed by atoms with van der Waals surface area (Å²) in [6, 6.07) is 0. The zero-order chi connectivity index (χ0) is 66.9. The van der Waals surface area contributed by atoms with Crippen molar-refractivity contribution in [2.45, 2.75) is 259 Å². The van der Waals surface area contributed by atoms with E-state index in [1.165, 1.54) is 0 Å². The molecule has 40 atom stereocenters. The lowest BCUT2D eigenvalue weighted by Gasteiger charge is -2.50. The topological polar surface area (TPSA) is 633 Å². The van der Waals surface area contributed by atoms with Crippen LogP contribution in [0, 0.1) is 5.92 Å². The summed E-state index contributed by atoms with van der Waals surface area (Å²) in [4.78, 5) is 0. The van der Waals surface area contributed by atoms with Gasteiger partial charge in [0.15, 0.2) is 50.3 Å². The molecule has 24 N–H and O–H groups in total. The summed E-state index contributed by atoms with van der Waals surface area (Å²) in [6.45, 7) is -8.22. The van der Waals surface area contributed by atoms with Gasteiger partial charge in [0.1, 0.15) is 177 Å². The fourth-order valence-corrected chi connectivity index (χ4v) is 12.8. The predicted octanol–water partition coefficient (Wildman–Crippen LogP) is -16.0. The Balaban J connectivity index is 0.933. The first kappa shape index (κ1) is 74.6. The average Bonchev–Trinajstić information content (AvgIpc) is 0.789. The van der Waals surface area contributed by atoms with Gasteiger partial charge >= 0.3 is 0 Å². The highest BCUT2D eigenvalue weighted by Crippen LogP contribution is 2.40. The molecular weight excluding hydrogens is 1260 g/mol. The number of aliphatic hydroxyl groups is 24. The van der Waals surface area contributed by atoms with Gasteiger partial charge in [0, 0.05) is 12.5 Å². The van der Waals surface area contributed by atoms with Crippen LogP contribution in [-0.4, -0.2) is 422 Å². The van der Waals surface area contributed by atoms with Crippen LogP contribution in [0.4, 0.5) is 0 Å². The van der Waals surface area contributed by atoms with Crippen LogP contribution < -0.4 is 0 Å². The largest absolute Gasteiger partial charge is 0.394 e. The molecule has 0 aromatic rings. The van der Waals surface area contributed by atoms with Crippen LogP contribution in [0.2, 0.25) is 0 Å². The Morgan fingerprint density at radius 3 is 0.598 bits per heavy atom. The van der Waals surface area contributed by atoms with Crippen molar-refractivity contribution >= 4 is 0 Å². The van der Waals surface area contributed by atoms with Crippen LogP contribution in [0.3, 0.4) is 0 Å². The molecule has 27 aliphatic heterocycles. The lowest BCUT2D eigenvalue weighted by molar-refractivity contribution is -0.399. The fourth-order valence-electron chi connectivity index (χ4n) is 12.8. The van der Waals surface area contributed by atoms with E-state index < -0.39 is 298 Å². The molecule has 0 aromatic heterocycles. The highest BCUT2D eigenvalue weighted by atomic mass is 16.8. The van der Waals surface area contributed by atoms with E-state index in [0.29, 0.717) is 0 Å². The third-order valence-electron chi connectivity index (χ3n) is 18.0. The monoisotopic (exact) mass is 1350 g/mol. The Hall–Kier alpha value is -1.60. The second kappa shape index (κ2) is 32.6. The number of hydrogen-bond donors (Lipinski definition) is 24. The molecule has 27 aliphatic rings. The lowest BCUT2D eigenvalue weighted by Crippen LogP contribution is -2.68. The van der Waals surface area contributed by atoms with Gasteiger partial charge in [-0.3, -0.25) is 0 Å². The Labute approximate surface area is 521 Å². The fraction of sp³-hybridized carbons (Fsp3) is 1.00. The van der Waals surface area contributed by atoms with E-state index >= 15 is 0 Å². The Bertz CT molecular complexity index is 2210. The highest BCUT2D eigenvalue weighted by Gasteiger charge is 2.59. The quantitative estimate of drug-likeness (QED) is 0.107. The molecule has 40 heteroatoms. The van der Waals surface area contributed by atoms with E-state index in [1.807, 2.05) is 0 Å². The van der Waals surface area contributed by atoms with Gasteiger partial charge in [-0.1, -0.05) is 6.42 Å². The Morgan fingerprint density at radius 2 is 0.380 bits per heavy atom. The van der Waals surface area contributed by atoms with Crippen molar-refractivity contribution < 1.29 is 198 Å². The van der Waals surface area contributed by atoms with E-state index in [0.717, 1.165) is 0 Å². The van der Waals surface area contributed by atoms with Crippen molar-refractivity contribution in [1.82, 2.24) is 0 Å². The molecule has 536 valence electrons. The Kier molecular flexibility index (Phi) is 26.4. The number of ether oxygens (including phenoxy) is 16. The zero-order valence-electron chi connectivity index (χ0n) is 48.8. The summed E-state index contributed by atoms with van der Waals surface area (Å²) in [7, 11) is 0. The van der Waals surface area contributed by atoms with Crippen molar-refractivity contribution in [1.29, 1.82) is 0 Å². The Morgan fingerprint density at radius 1 is 0.196 bits per heavy atom. The standard InChI is InChI=1S/C52H88O40/c53-5-14-13-3-1-2-4-77-45-31(70)23(62)38(15(6-54)79-45)87-47-33(72)25(64)40(17(8-56)81-47)89-49-35(74)27(66)42(19(10-58)83-49)91-51-37(76)29(68)44(21(12-60)85-51)92-52-36(75)28(67)43(20(11-59)84-52)90-50-34(73)26(65)41(18(9-57)82-50)88-48-32(71)24(63)39(16(7-55)80-48)86-46(78-14)30(69)22(13)61/h13-76H,1-12H2. The average molecular weight is 1350 g/mol. The van der Waals surface area contributed by atoms with E-state index in [2.05, 4.69) is 0 Å². The molecule has 27 rings (SSSR count). The molecule has 0 amide bonds. The van der Waals surface area contributed by atoms with E-state index in [9.17, 15) is 123 Å². The minimum absolute atomic E-state index is 0.0246. The van der Waals surface area contributed by atoms with Gasteiger partial charge in [0.25, 0.3) is 0 Å². The number of aliphatic hydroxyl groups excluding tert-OH is 24. The smallest absolute Gasteiger partial charge is 0.187 e. The molecule has 16 bridgehead atoms. The van der Waals surface area contributed by atoms with Crippen LogP contribution in [0.5, 0.6) is 0 Å². The molecule has 27 heterocycles. The molecule has 0 spiro atoms. The second-order valence-corrected chi connectivity index (χ2v) is 23.9. The van der Waals surface area contributed by atoms with Crippen LogP contribution in [0.25, 0.3) is 0 Å². The highest BCUT2D eigenvalue weighted by molar-refractivity contribution is 5.02. The molecule has 0 radical (unpaired) electrons. The summed E-state index contributed by atoms with van der Waals surface area (Å²) < 4.78 is 91.6. The summed E-state index contributed by atoms with van der Waals surface area (Å²) in [5, 5.41) is 265. The van der Waals surface area contributed by atoms with Gasteiger partial charge in [0.05, 0.1) is 65.1 Å².